The second kappa shape index (κ2) is 6.90. The van der Waals surface area contributed by atoms with E-state index < -0.39 is 0 Å². The maximum Gasteiger partial charge on any atom is 0.234 e. The van der Waals surface area contributed by atoms with E-state index in [1.165, 1.54) is 4.90 Å². The zero-order valence-corrected chi connectivity index (χ0v) is 12.8. The van der Waals surface area contributed by atoms with Gasteiger partial charge in [0.2, 0.25) is 5.89 Å². The van der Waals surface area contributed by atoms with E-state index in [0.717, 1.165) is 18.7 Å². The molecule has 1 aromatic carbocycles. The van der Waals surface area contributed by atoms with Crippen LogP contribution in [0.15, 0.2) is 39.8 Å². The topological polar surface area (TPSA) is 64.9 Å². The number of hydrogen-bond acceptors (Lipinski definition) is 5. The van der Waals surface area contributed by atoms with Crippen molar-refractivity contribution in [2.45, 2.75) is 42.8 Å². The number of nitrogens with two attached hydrogens (primary N) is 1. The van der Waals surface area contributed by atoms with Crippen LogP contribution in [0, 0.1) is 0 Å². The Morgan fingerprint density at radius 2 is 1.90 bits per heavy atom. The minimum atomic E-state index is -0.178. The van der Waals surface area contributed by atoms with Crippen LogP contribution in [0.1, 0.15) is 38.4 Å². The summed E-state index contributed by atoms with van der Waals surface area (Å²) in [5.74, 6) is 2.11. The summed E-state index contributed by atoms with van der Waals surface area (Å²) >= 11 is 1.70. The van der Waals surface area contributed by atoms with Crippen LogP contribution in [-0.4, -0.2) is 16.7 Å². The van der Waals surface area contributed by atoms with Crippen molar-refractivity contribution in [3.63, 3.8) is 0 Å². The molecule has 0 atom stereocenters. The summed E-state index contributed by atoms with van der Waals surface area (Å²) in [4.78, 5) is 5.74. The zero-order chi connectivity index (χ0) is 14.4. The van der Waals surface area contributed by atoms with Gasteiger partial charge in [-0.3, -0.25) is 0 Å². The van der Waals surface area contributed by atoms with Crippen LogP contribution >= 0.6 is 11.8 Å². The molecule has 2 N–H and O–H groups in total. The molecule has 0 spiro atoms. The van der Waals surface area contributed by atoms with E-state index in [2.05, 4.69) is 36.1 Å². The van der Waals surface area contributed by atoms with Crippen molar-refractivity contribution in [1.29, 1.82) is 0 Å². The average Bonchev–Trinajstić information content (AvgIpc) is 2.98. The molecule has 0 fully saturated rings. The summed E-state index contributed by atoms with van der Waals surface area (Å²) in [6, 6.07) is 10.2. The fourth-order valence-electron chi connectivity index (χ4n) is 2.12. The van der Waals surface area contributed by atoms with Crippen molar-refractivity contribution in [3.05, 3.63) is 42.0 Å². The lowest BCUT2D eigenvalue weighted by Crippen LogP contribution is -2.34. The third kappa shape index (κ3) is 3.22. The fraction of sp³-hybridized carbons (Fsp3) is 0.467. The molecule has 0 radical (unpaired) electrons. The average molecular weight is 291 g/mol. The van der Waals surface area contributed by atoms with Gasteiger partial charge in [-0.15, -0.1) is 11.8 Å². The van der Waals surface area contributed by atoms with Crippen LogP contribution in [-0.2, 0) is 11.2 Å². The Bertz CT molecular complexity index is 515. The van der Waals surface area contributed by atoms with E-state index >= 15 is 0 Å². The molecule has 0 aliphatic heterocycles. The Morgan fingerprint density at radius 3 is 2.50 bits per heavy atom. The second-order valence-corrected chi connectivity index (χ2v) is 5.86. The number of nitrogens with zero attached hydrogens (tertiary/aromatic N) is 2. The van der Waals surface area contributed by atoms with Crippen LogP contribution in [0.4, 0.5) is 0 Å². The van der Waals surface area contributed by atoms with Crippen molar-refractivity contribution in [1.82, 2.24) is 10.1 Å². The summed E-state index contributed by atoms with van der Waals surface area (Å²) in [5.41, 5.74) is 5.72. The molecule has 2 aromatic rings. The number of hydrogen-bond donors (Lipinski definition) is 1. The summed E-state index contributed by atoms with van der Waals surface area (Å²) in [5, 5.41) is 4.08. The Labute approximate surface area is 124 Å². The van der Waals surface area contributed by atoms with Crippen LogP contribution in [0.5, 0.6) is 0 Å². The molecule has 0 saturated heterocycles. The molecule has 0 aliphatic rings. The molecule has 2 rings (SSSR count). The van der Waals surface area contributed by atoms with Gasteiger partial charge in [0, 0.05) is 11.4 Å². The highest BCUT2D eigenvalue weighted by molar-refractivity contribution is 7.98. The minimum absolute atomic E-state index is 0.178. The molecule has 1 aromatic heterocycles. The van der Waals surface area contributed by atoms with Crippen molar-refractivity contribution < 1.29 is 4.52 Å². The van der Waals surface area contributed by atoms with E-state index in [4.69, 9.17) is 10.3 Å². The Kier molecular flexibility index (Phi) is 5.20. The van der Waals surface area contributed by atoms with E-state index in [-0.39, 0.29) is 5.41 Å². The van der Waals surface area contributed by atoms with Gasteiger partial charge in [-0.25, -0.2) is 0 Å². The van der Waals surface area contributed by atoms with Crippen molar-refractivity contribution in [3.8, 4) is 0 Å². The van der Waals surface area contributed by atoms with Gasteiger partial charge in [0.15, 0.2) is 5.82 Å². The van der Waals surface area contributed by atoms with Crippen LogP contribution in [0.2, 0.25) is 0 Å². The molecule has 0 saturated carbocycles. The first-order chi connectivity index (χ1) is 9.74. The maximum absolute atomic E-state index is 5.90. The smallest absolute Gasteiger partial charge is 0.234 e. The fourth-order valence-corrected chi connectivity index (χ4v) is 2.88. The summed E-state index contributed by atoms with van der Waals surface area (Å²) in [6.45, 7) is 4.76. The highest BCUT2D eigenvalue weighted by Crippen LogP contribution is 2.30. The molecule has 4 nitrogen and oxygen atoms in total. The zero-order valence-electron chi connectivity index (χ0n) is 12.0. The first-order valence-electron chi connectivity index (χ1n) is 6.95. The molecule has 108 valence electrons. The van der Waals surface area contributed by atoms with E-state index in [9.17, 15) is 0 Å². The van der Waals surface area contributed by atoms with Gasteiger partial charge in [-0.05, 0) is 25.0 Å². The Hall–Kier alpha value is -1.33. The van der Waals surface area contributed by atoms with E-state index in [1.54, 1.807) is 11.8 Å². The number of benzene rings is 1. The van der Waals surface area contributed by atoms with Crippen LogP contribution < -0.4 is 5.73 Å². The summed E-state index contributed by atoms with van der Waals surface area (Å²) in [6.07, 6.45) is 1.82. The van der Waals surface area contributed by atoms with Crippen LogP contribution in [0.3, 0.4) is 0 Å². The van der Waals surface area contributed by atoms with Gasteiger partial charge < -0.3 is 10.3 Å². The summed E-state index contributed by atoms with van der Waals surface area (Å²) < 4.78 is 5.44. The third-order valence-corrected chi connectivity index (χ3v) is 4.79. The van der Waals surface area contributed by atoms with Gasteiger partial charge >= 0.3 is 0 Å². The largest absolute Gasteiger partial charge is 0.339 e. The monoisotopic (exact) mass is 291 g/mol. The predicted octanol–water partition coefficient (Wildman–Crippen LogP) is 3.38. The first-order valence-corrected chi connectivity index (χ1v) is 7.93. The molecule has 0 aliphatic carbocycles. The van der Waals surface area contributed by atoms with Gasteiger partial charge in [0.05, 0.1) is 11.2 Å². The molecular formula is C15H21N3OS. The van der Waals surface area contributed by atoms with Gasteiger partial charge in [-0.2, -0.15) is 4.98 Å². The summed E-state index contributed by atoms with van der Waals surface area (Å²) in [7, 11) is 0. The lowest BCUT2D eigenvalue weighted by atomic mass is 9.82. The van der Waals surface area contributed by atoms with Gasteiger partial charge in [0.25, 0.3) is 0 Å². The lowest BCUT2D eigenvalue weighted by molar-refractivity contribution is 0.266. The van der Waals surface area contributed by atoms with E-state index in [1.807, 2.05) is 18.2 Å². The van der Waals surface area contributed by atoms with Gasteiger partial charge in [-0.1, -0.05) is 37.2 Å². The van der Waals surface area contributed by atoms with E-state index in [0.29, 0.717) is 18.2 Å². The number of rotatable bonds is 7. The molecule has 20 heavy (non-hydrogen) atoms. The Balaban J connectivity index is 2.05. The Morgan fingerprint density at radius 1 is 1.20 bits per heavy atom. The minimum Gasteiger partial charge on any atom is -0.339 e. The molecule has 5 heteroatoms. The third-order valence-electron chi connectivity index (χ3n) is 3.78. The number of aromatic nitrogens is 2. The molecule has 0 bridgehead atoms. The SMILES string of the molecule is CCC(CC)(CN)c1nc(CSc2ccccc2)no1. The molecule has 0 amide bonds. The quantitative estimate of drug-likeness (QED) is 0.792. The highest BCUT2D eigenvalue weighted by Gasteiger charge is 2.33. The molecule has 0 unspecified atom stereocenters. The van der Waals surface area contributed by atoms with Crippen molar-refractivity contribution in [2.75, 3.05) is 6.54 Å². The molecular weight excluding hydrogens is 270 g/mol. The predicted molar refractivity (Wildman–Crippen MR) is 81.6 cm³/mol. The normalized spacial score (nSPS) is 11.8. The standard InChI is InChI=1S/C15H21N3OS/c1-3-15(4-2,11-16)14-17-13(18-19-14)10-20-12-8-6-5-7-9-12/h5-9H,3-4,10-11,16H2,1-2H3. The van der Waals surface area contributed by atoms with Gasteiger partial charge in [0.1, 0.15) is 0 Å². The maximum atomic E-state index is 5.90. The highest BCUT2D eigenvalue weighted by atomic mass is 32.2. The second-order valence-electron chi connectivity index (χ2n) is 4.81. The van der Waals surface area contributed by atoms with Crippen molar-refractivity contribution in [2.24, 2.45) is 5.73 Å². The number of thioether (sulfide) groups is 1. The van der Waals surface area contributed by atoms with Crippen molar-refractivity contribution >= 4 is 11.8 Å². The van der Waals surface area contributed by atoms with Crippen LogP contribution in [0.25, 0.3) is 0 Å². The lowest BCUT2D eigenvalue weighted by Gasteiger charge is -2.24. The molecule has 1 heterocycles. The first kappa shape index (κ1) is 15.1.